The number of likely N-dealkylation sites (tertiary alicyclic amines) is 1. The molecule has 1 amide bonds. The zero-order valence-corrected chi connectivity index (χ0v) is 13.0. The van der Waals surface area contributed by atoms with Crippen molar-refractivity contribution in [1.29, 1.82) is 0 Å². The molecule has 0 unspecified atom stereocenters. The van der Waals surface area contributed by atoms with Gasteiger partial charge in [0.15, 0.2) is 0 Å². The van der Waals surface area contributed by atoms with Gasteiger partial charge >= 0.3 is 0 Å². The fourth-order valence-corrected chi connectivity index (χ4v) is 3.45. The predicted octanol–water partition coefficient (Wildman–Crippen LogP) is 1.94. The van der Waals surface area contributed by atoms with Gasteiger partial charge in [-0.2, -0.15) is 0 Å². The molecule has 21 heavy (non-hydrogen) atoms. The smallest absolute Gasteiger partial charge is 0.222 e. The average Bonchev–Trinajstić information content (AvgIpc) is 2.93. The van der Waals surface area contributed by atoms with Crippen molar-refractivity contribution in [2.45, 2.75) is 52.0 Å². The number of aromatic nitrogens is 2. The Kier molecular flexibility index (Phi) is 4.08. The van der Waals surface area contributed by atoms with Crippen molar-refractivity contribution in [2.75, 3.05) is 24.5 Å². The van der Waals surface area contributed by atoms with Crippen LogP contribution < -0.4 is 4.90 Å². The third kappa shape index (κ3) is 2.87. The van der Waals surface area contributed by atoms with Gasteiger partial charge in [0.1, 0.15) is 11.6 Å². The molecule has 0 atom stereocenters. The van der Waals surface area contributed by atoms with Crippen molar-refractivity contribution < 1.29 is 4.79 Å². The third-order valence-electron chi connectivity index (χ3n) is 4.66. The quantitative estimate of drug-likeness (QED) is 0.853. The third-order valence-corrected chi connectivity index (χ3v) is 4.66. The number of amides is 1. The highest BCUT2D eigenvalue weighted by atomic mass is 16.2. The van der Waals surface area contributed by atoms with E-state index in [1.807, 2.05) is 13.1 Å². The average molecular weight is 288 g/mol. The molecule has 2 aliphatic heterocycles. The molecule has 5 heteroatoms. The summed E-state index contributed by atoms with van der Waals surface area (Å²) in [5.74, 6) is 2.27. The van der Waals surface area contributed by atoms with Gasteiger partial charge in [0.25, 0.3) is 0 Å². The maximum Gasteiger partial charge on any atom is 0.222 e. The summed E-state index contributed by atoms with van der Waals surface area (Å²) in [5.41, 5.74) is 1.22. The number of carbonyl (C=O) groups excluding carboxylic acids is 1. The fraction of sp³-hybridized carbons (Fsp3) is 0.688. The van der Waals surface area contributed by atoms with E-state index in [0.717, 1.165) is 63.4 Å². The lowest BCUT2D eigenvalue weighted by Crippen LogP contribution is -2.45. The summed E-state index contributed by atoms with van der Waals surface area (Å²) in [6.07, 6.45) is 6.79. The van der Waals surface area contributed by atoms with Crippen molar-refractivity contribution in [3.05, 3.63) is 17.6 Å². The van der Waals surface area contributed by atoms with Crippen molar-refractivity contribution in [3.63, 3.8) is 0 Å². The largest absolute Gasteiger partial charge is 0.356 e. The van der Waals surface area contributed by atoms with E-state index >= 15 is 0 Å². The summed E-state index contributed by atoms with van der Waals surface area (Å²) in [7, 11) is 0. The van der Waals surface area contributed by atoms with Crippen molar-refractivity contribution >= 4 is 11.7 Å². The summed E-state index contributed by atoms with van der Waals surface area (Å²) in [5, 5.41) is 0. The van der Waals surface area contributed by atoms with Gasteiger partial charge in [-0.1, -0.05) is 6.92 Å². The van der Waals surface area contributed by atoms with Crippen LogP contribution in [0.15, 0.2) is 6.20 Å². The van der Waals surface area contributed by atoms with Crippen LogP contribution >= 0.6 is 0 Å². The Morgan fingerprint density at radius 1 is 1.29 bits per heavy atom. The van der Waals surface area contributed by atoms with Crippen LogP contribution in [0, 0.1) is 6.92 Å². The number of anilines is 1. The molecule has 0 radical (unpaired) electrons. The van der Waals surface area contributed by atoms with Crippen LogP contribution in [0.25, 0.3) is 0 Å². The molecule has 5 nitrogen and oxygen atoms in total. The number of piperidine rings is 1. The van der Waals surface area contributed by atoms with Crippen molar-refractivity contribution in [3.8, 4) is 0 Å². The Hall–Kier alpha value is -1.65. The number of hydrogen-bond acceptors (Lipinski definition) is 4. The lowest BCUT2D eigenvalue weighted by molar-refractivity contribution is -0.130. The highest BCUT2D eigenvalue weighted by Crippen LogP contribution is 2.26. The van der Waals surface area contributed by atoms with E-state index in [9.17, 15) is 4.79 Å². The summed E-state index contributed by atoms with van der Waals surface area (Å²) >= 11 is 0. The normalized spacial score (nSPS) is 20.4. The van der Waals surface area contributed by atoms with Gasteiger partial charge < -0.3 is 9.80 Å². The molecule has 0 aromatic carbocycles. The standard InChI is InChI=1S/C16H24N4O/c1-3-13-11-17-12(2)18-16(13)19-9-6-14(7-10-19)20-8-4-5-15(20)21/h11,14H,3-10H2,1-2H3. The second-order valence-electron chi connectivity index (χ2n) is 6.03. The van der Waals surface area contributed by atoms with Crippen LogP contribution in [0.5, 0.6) is 0 Å². The monoisotopic (exact) mass is 288 g/mol. The summed E-state index contributed by atoms with van der Waals surface area (Å²) in [4.78, 5) is 25.3. The van der Waals surface area contributed by atoms with E-state index in [0.29, 0.717) is 11.9 Å². The van der Waals surface area contributed by atoms with E-state index in [-0.39, 0.29) is 0 Å². The Morgan fingerprint density at radius 3 is 2.67 bits per heavy atom. The van der Waals surface area contributed by atoms with Crippen molar-refractivity contribution in [1.82, 2.24) is 14.9 Å². The zero-order valence-electron chi connectivity index (χ0n) is 13.0. The molecule has 0 saturated carbocycles. The van der Waals surface area contributed by atoms with Gasteiger partial charge in [-0.3, -0.25) is 4.79 Å². The molecule has 0 aliphatic carbocycles. The number of nitrogens with zero attached hydrogens (tertiary/aromatic N) is 4. The van der Waals surface area contributed by atoms with E-state index in [1.165, 1.54) is 5.56 Å². The van der Waals surface area contributed by atoms with Gasteiger partial charge in [-0.15, -0.1) is 0 Å². The second-order valence-corrected chi connectivity index (χ2v) is 6.03. The molecule has 1 aromatic heterocycles. The zero-order chi connectivity index (χ0) is 14.8. The van der Waals surface area contributed by atoms with Crippen LogP contribution in [-0.4, -0.2) is 46.5 Å². The van der Waals surface area contributed by atoms with Gasteiger partial charge in [-0.25, -0.2) is 9.97 Å². The van der Waals surface area contributed by atoms with E-state index in [4.69, 9.17) is 0 Å². The molecule has 0 bridgehead atoms. The van der Waals surface area contributed by atoms with Gasteiger partial charge in [0.05, 0.1) is 0 Å². The minimum atomic E-state index is 0.348. The molecular weight excluding hydrogens is 264 g/mol. The van der Waals surface area contributed by atoms with Gasteiger partial charge in [0, 0.05) is 43.9 Å². The SMILES string of the molecule is CCc1cnc(C)nc1N1CCC(N2CCCC2=O)CC1. The molecule has 3 heterocycles. The molecule has 2 fully saturated rings. The van der Waals surface area contributed by atoms with E-state index < -0.39 is 0 Å². The van der Waals surface area contributed by atoms with E-state index in [1.54, 1.807) is 0 Å². The van der Waals surface area contributed by atoms with Gasteiger partial charge in [-0.05, 0) is 32.6 Å². The Balaban J connectivity index is 1.68. The molecular formula is C16H24N4O. The topological polar surface area (TPSA) is 49.3 Å². The molecule has 0 N–H and O–H groups in total. The van der Waals surface area contributed by atoms with Gasteiger partial charge in [0.2, 0.25) is 5.91 Å². The Bertz CT molecular complexity index is 523. The van der Waals surface area contributed by atoms with E-state index in [2.05, 4.69) is 26.7 Å². The van der Waals surface area contributed by atoms with Crippen LogP contribution in [0.4, 0.5) is 5.82 Å². The molecule has 2 aliphatic rings. The fourth-order valence-electron chi connectivity index (χ4n) is 3.45. The first-order chi connectivity index (χ1) is 10.2. The molecule has 3 rings (SSSR count). The minimum absolute atomic E-state index is 0.348. The lowest BCUT2D eigenvalue weighted by atomic mass is 10.0. The lowest BCUT2D eigenvalue weighted by Gasteiger charge is -2.37. The summed E-state index contributed by atoms with van der Waals surface area (Å²) in [6, 6.07) is 0.435. The number of aryl methyl sites for hydroxylation is 2. The highest BCUT2D eigenvalue weighted by Gasteiger charge is 2.31. The maximum absolute atomic E-state index is 11.9. The first kappa shape index (κ1) is 14.3. The van der Waals surface area contributed by atoms with Crippen LogP contribution in [0.1, 0.15) is 44.0 Å². The number of carbonyl (C=O) groups is 1. The van der Waals surface area contributed by atoms with Crippen LogP contribution in [0.2, 0.25) is 0 Å². The first-order valence-corrected chi connectivity index (χ1v) is 8.06. The minimum Gasteiger partial charge on any atom is -0.356 e. The predicted molar refractivity (Wildman–Crippen MR) is 82.3 cm³/mol. The number of rotatable bonds is 3. The molecule has 0 spiro atoms. The maximum atomic E-state index is 11.9. The molecule has 114 valence electrons. The summed E-state index contributed by atoms with van der Waals surface area (Å²) < 4.78 is 0. The molecule has 2 saturated heterocycles. The Labute approximate surface area is 126 Å². The summed E-state index contributed by atoms with van der Waals surface area (Å²) in [6.45, 7) is 7.01. The first-order valence-electron chi connectivity index (χ1n) is 8.06. The van der Waals surface area contributed by atoms with Crippen LogP contribution in [-0.2, 0) is 11.2 Å². The van der Waals surface area contributed by atoms with Crippen LogP contribution in [0.3, 0.4) is 0 Å². The second kappa shape index (κ2) is 6.00. The molecule has 1 aromatic rings. The highest BCUT2D eigenvalue weighted by molar-refractivity contribution is 5.78. The Morgan fingerprint density at radius 2 is 2.05 bits per heavy atom. The number of hydrogen-bond donors (Lipinski definition) is 0. The van der Waals surface area contributed by atoms with Crippen molar-refractivity contribution in [2.24, 2.45) is 0 Å².